The molecule has 0 radical (unpaired) electrons. The smallest absolute Gasteiger partial charge is 0.304 e. The van der Waals surface area contributed by atoms with E-state index in [1.807, 2.05) is 18.3 Å². The molecule has 1 aliphatic heterocycles. The van der Waals surface area contributed by atoms with Crippen LogP contribution in [-0.2, 0) is 11.3 Å². The van der Waals surface area contributed by atoms with Crippen LogP contribution >= 0.6 is 0 Å². The van der Waals surface area contributed by atoms with Crippen LogP contribution in [0.5, 0.6) is 0 Å². The first-order valence-electron chi connectivity index (χ1n) is 6.73. The van der Waals surface area contributed by atoms with Crippen molar-refractivity contribution in [2.75, 3.05) is 13.1 Å². The number of aliphatic carboxylic acids is 1. The van der Waals surface area contributed by atoms with E-state index in [-0.39, 0.29) is 12.5 Å². The van der Waals surface area contributed by atoms with Crippen molar-refractivity contribution >= 4 is 5.97 Å². The second kappa shape index (κ2) is 6.63. The maximum atomic E-state index is 11.0. The highest BCUT2D eigenvalue weighted by atomic mass is 16.4. The molecular weight excluding hydrogens is 242 g/mol. The summed E-state index contributed by atoms with van der Waals surface area (Å²) >= 11 is 0. The van der Waals surface area contributed by atoms with Gasteiger partial charge in [-0.2, -0.15) is 0 Å². The van der Waals surface area contributed by atoms with Gasteiger partial charge in [-0.15, -0.1) is 0 Å². The Kier molecular flexibility index (Phi) is 4.87. The van der Waals surface area contributed by atoms with Gasteiger partial charge in [0.2, 0.25) is 0 Å². The van der Waals surface area contributed by atoms with Crippen LogP contribution in [0.4, 0.5) is 0 Å². The predicted octanol–water partition coefficient (Wildman–Crippen LogP) is 1.11. The van der Waals surface area contributed by atoms with Gasteiger partial charge in [0.05, 0.1) is 6.42 Å². The van der Waals surface area contributed by atoms with Crippen LogP contribution in [0.2, 0.25) is 0 Å². The zero-order valence-corrected chi connectivity index (χ0v) is 11.2. The molecule has 0 aliphatic carbocycles. The second-order valence-electron chi connectivity index (χ2n) is 5.18. The number of aromatic nitrogens is 1. The number of carboxylic acids is 1. The number of carbonyl (C=O) groups is 1. The van der Waals surface area contributed by atoms with Gasteiger partial charge >= 0.3 is 5.97 Å². The monoisotopic (exact) mass is 263 g/mol. The van der Waals surface area contributed by atoms with E-state index in [0.717, 1.165) is 31.6 Å². The number of hydrogen-bond acceptors (Lipinski definition) is 4. The molecule has 5 heteroatoms. The van der Waals surface area contributed by atoms with E-state index in [9.17, 15) is 4.79 Å². The molecule has 19 heavy (non-hydrogen) atoms. The highest BCUT2D eigenvalue weighted by molar-refractivity contribution is 5.67. The lowest BCUT2D eigenvalue weighted by Crippen LogP contribution is -2.41. The summed E-state index contributed by atoms with van der Waals surface area (Å²) in [5.41, 5.74) is 1.13. The first-order valence-corrected chi connectivity index (χ1v) is 6.73. The number of nitrogens with one attached hydrogen (secondary N) is 1. The molecular formula is C14H21N3O2. The minimum atomic E-state index is -0.738. The fourth-order valence-corrected chi connectivity index (χ4v) is 2.45. The lowest BCUT2D eigenvalue weighted by molar-refractivity contribution is -0.138. The molecule has 5 nitrogen and oxygen atoms in total. The molecule has 1 aliphatic rings. The Labute approximate surface area is 113 Å². The quantitative estimate of drug-likeness (QED) is 0.852. The Morgan fingerprint density at radius 3 is 3.16 bits per heavy atom. The molecule has 0 saturated carbocycles. The van der Waals surface area contributed by atoms with Crippen LogP contribution < -0.4 is 5.32 Å². The summed E-state index contributed by atoms with van der Waals surface area (Å²) in [4.78, 5) is 17.4. The van der Waals surface area contributed by atoms with Crippen LogP contribution in [0, 0.1) is 0 Å². The van der Waals surface area contributed by atoms with Crippen molar-refractivity contribution in [3.05, 3.63) is 30.1 Å². The summed E-state index contributed by atoms with van der Waals surface area (Å²) in [6, 6.07) is 4.44. The number of nitrogens with zero attached hydrogens (tertiary/aromatic N) is 2. The van der Waals surface area contributed by atoms with Gasteiger partial charge in [-0.05, 0) is 25.0 Å². The molecule has 2 N–H and O–H groups in total. The summed E-state index contributed by atoms with van der Waals surface area (Å²) in [5, 5.41) is 12.4. The van der Waals surface area contributed by atoms with E-state index >= 15 is 0 Å². The van der Waals surface area contributed by atoms with E-state index in [4.69, 9.17) is 5.11 Å². The number of hydrogen-bond donors (Lipinski definition) is 2. The van der Waals surface area contributed by atoms with Gasteiger partial charge < -0.3 is 10.4 Å². The maximum absolute atomic E-state index is 11.0. The normalized spacial score (nSPS) is 24.9. The minimum absolute atomic E-state index is 0.0441. The van der Waals surface area contributed by atoms with Crippen molar-refractivity contribution < 1.29 is 9.90 Å². The number of pyridine rings is 1. The topological polar surface area (TPSA) is 65.5 Å². The first kappa shape index (κ1) is 14.0. The third-order valence-electron chi connectivity index (χ3n) is 3.59. The lowest BCUT2D eigenvalue weighted by Gasteiger charge is -2.28. The average Bonchev–Trinajstić information content (AvgIpc) is 2.55. The van der Waals surface area contributed by atoms with Crippen molar-refractivity contribution in [2.45, 2.75) is 38.4 Å². The Morgan fingerprint density at radius 1 is 1.63 bits per heavy atom. The minimum Gasteiger partial charge on any atom is -0.481 e. The van der Waals surface area contributed by atoms with Gasteiger partial charge in [0.1, 0.15) is 0 Å². The molecule has 1 aromatic rings. The molecule has 104 valence electrons. The molecule has 0 aromatic carbocycles. The summed E-state index contributed by atoms with van der Waals surface area (Å²) < 4.78 is 0. The standard InChI is InChI=1S/C14H21N3O2/c1-11-4-6-17(10-12-3-2-5-15-8-12)13(9-16-11)7-14(18)19/h2-3,5,8,11,13,16H,4,6-7,9-10H2,1H3,(H,18,19). The van der Waals surface area contributed by atoms with Gasteiger partial charge in [0, 0.05) is 44.1 Å². The largest absolute Gasteiger partial charge is 0.481 e. The lowest BCUT2D eigenvalue weighted by atomic mass is 10.1. The third-order valence-corrected chi connectivity index (χ3v) is 3.59. The van der Waals surface area contributed by atoms with Crippen LogP contribution in [0.25, 0.3) is 0 Å². The van der Waals surface area contributed by atoms with Crippen molar-refractivity contribution in [1.82, 2.24) is 15.2 Å². The SMILES string of the molecule is CC1CCN(Cc2cccnc2)C(CC(=O)O)CN1. The molecule has 0 amide bonds. The van der Waals surface area contributed by atoms with Crippen LogP contribution in [0.1, 0.15) is 25.3 Å². The van der Waals surface area contributed by atoms with Crippen LogP contribution in [0.3, 0.4) is 0 Å². The summed E-state index contributed by atoms with van der Waals surface area (Å²) in [6.07, 6.45) is 4.82. The van der Waals surface area contributed by atoms with E-state index in [1.54, 1.807) is 6.20 Å². The number of rotatable bonds is 4. The molecule has 2 heterocycles. The van der Waals surface area contributed by atoms with Crippen LogP contribution in [-0.4, -0.2) is 46.1 Å². The molecule has 2 rings (SSSR count). The maximum Gasteiger partial charge on any atom is 0.304 e. The van der Waals surface area contributed by atoms with Crippen molar-refractivity contribution in [3.63, 3.8) is 0 Å². The summed E-state index contributed by atoms with van der Waals surface area (Å²) in [5.74, 6) is -0.738. The third kappa shape index (κ3) is 4.29. The Morgan fingerprint density at radius 2 is 2.47 bits per heavy atom. The van der Waals surface area contributed by atoms with Crippen molar-refractivity contribution in [1.29, 1.82) is 0 Å². The van der Waals surface area contributed by atoms with E-state index in [2.05, 4.69) is 22.1 Å². The zero-order valence-electron chi connectivity index (χ0n) is 11.2. The van der Waals surface area contributed by atoms with Gasteiger partial charge in [-0.3, -0.25) is 14.7 Å². The zero-order chi connectivity index (χ0) is 13.7. The predicted molar refractivity (Wildman–Crippen MR) is 72.8 cm³/mol. The van der Waals surface area contributed by atoms with Gasteiger partial charge in [-0.25, -0.2) is 0 Å². The fraction of sp³-hybridized carbons (Fsp3) is 0.571. The van der Waals surface area contributed by atoms with Gasteiger partial charge in [0.15, 0.2) is 0 Å². The Bertz CT molecular complexity index is 410. The molecule has 1 saturated heterocycles. The Balaban J connectivity index is 2.06. The molecule has 1 aromatic heterocycles. The van der Waals surface area contributed by atoms with Gasteiger partial charge in [-0.1, -0.05) is 6.07 Å². The summed E-state index contributed by atoms with van der Waals surface area (Å²) in [7, 11) is 0. The highest BCUT2D eigenvalue weighted by Crippen LogP contribution is 2.14. The molecule has 0 spiro atoms. The molecule has 0 bridgehead atoms. The van der Waals surface area contributed by atoms with E-state index in [1.165, 1.54) is 0 Å². The van der Waals surface area contributed by atoms with E-state index in [0.29, 0.717) is 6.04 Å². The molecule has 2 atom stereocenters. The van der Waals surface area contributed by atoms with E-state index < -0.39 is 5.97 Å². The summed E-state index contributed by atoms with van der Waals surface area (Å²) in [6.45, 7) is 4.56. The van der Waals surface area contributed by atoms with Crippen LogP contribution in [0.15, 0.2) is 24.5 Å². The van der Waals surface area contributed by atoms with Crippen molar-refractivity contribution in [2.24, 2.45) is 0 Å². The first-order chi connectivity index (χ1) is 9.15. The number of carboxylic acid groups (broad SMARTS) is 1. The fourth-order valence-electron chi connectivity index (χ4n) is 2.45. The average molecular weight is 263 g/mol. The highest BCUT2D eigenvalue weighted by Gasteiger charge is 2.25. The molecule has 2 unspecified atom stereocenters. The second-order valence-corrected chi connectivity index (χ2v) is 5.18. The van der Waals surface area contributed by atoms with Gasteiger partial charge in [0.25, 0.3) is 0 Å². The molecule has 1 fully saturated rings. The van der Waals surface area contributed by atoms with Crippen molar-refractivity contribution in [3.8, 4) is 0 Å². The Hall–Kier alpha value is -1.46.